The van der Waals surface area contributed by atoms with Crippen LogP contribution < -0.4 is 0 Å². The van der Waals surface area contributed by atoms with Crippen molar-refractivity contribution in [2.24, 2.45) is 9.98 Å². The molecule has 1 aromatic heterocycles. The van der Waals surface area contributed by atoms with Gasteiger partial charge in [-0.3, -0.25) is 0 Å². The topological polar surface area (TPSA) is 37.5 Å². The van der Waals surface area contributed by atoms with Gasteiger partial charge in [-0.2, -0.15) is 0 Å². The molecule has 0 saturated carbocycles. The van der Waals surface area contributed by atoms with Crippen LogP contribution in [0.1, 0.15) is 76.0 Å². The number of aliphatic imine (C=N–C) groups is 2. The number of fused-ring (bicyclic) bond motifs is 1. The van der Waals surface area contributed by atoms with Gasteiger partial charge in [0.1, 0.15) is 11.4 Å². The Labute approximate surface area is 229 Å². The van der Waals surface area contributed by atoms with Crippen LogP contribution in [0.3, 0.4) is 0 Å². The van der Waals surface area contributed by atoms with E-state index in [2.05, 4.69) is 102 Å². The van der Waals surface area contributed by atoms with Crippen molar-refractivity contribution in [3.8, 4) is 0 Å². The van der Waals surface area contributed by atoms with E-state index in [1.165, 1.54) is 11.1 Å². The monoisotopic (exact) mass is 563 g/mol. The second kappa shape index (κ2) is 13.3. The van der Waals surface area contributed by atoms with Gasteiger partial charge in [0.25, 0.3) is 11.5 Å². The molecule has 0 aliphatic carbocycles. The summed E-state index contributed by atoms with van der Waals surface area (Å²) >= 11 is 0.194. The van der Waals surface area contributed by atoms with Crippen LogP contribution in [0, 0.1) is 0 Å². The summed E-state index contributed by atoms with van der Waals surface area (Å²) in [6, 6.07) is 25.1. The fourth-order valence-electron chi connectivity index (χ4n) is 4.30. The van der Waals surface area contributed by atoms with E-state index < -0.39 is 0 Å². The molecule has 36 heavy (non-hydrogen) atoms. The molecular formula is C30H33Cl2FeN2O+. The Morgan fingerprint density at radius 1 is 0.639 bits per heavy atom. The number of para-hydroxylation sites is 2. The summed E-state index contributed by atoms with van der Waals surface area (Å²) in [6.45, 7) is 12.9. The molecule has 0 spiro atoms. The first kappa shape index (κ1) is 28.2. The van der Waals surface area contributed by atoms with Crippen LogP contribution in [-0.2, 0) is 13.1 Å². The van der Waals surface area contributed by atoms with Crippen molar-refractivity contribution in [1.29, 1.82) is 0 Å². The zero-order valence-electron chi connectivity index (χ0n) is 21.5. The summed E-state index contributed by atoms with van der Waals surface area (Å²) in [7, 11) is 9.53. The van der Waals surface area contributed by atoms with Gasteiger partial charge in [0.2, 0.25) is 0 Å². The fourth-order valence-corrected chi connectivity index (χ4v) is 4.30. The molecule has 190 valence electrons. The van der Waals surface area contributed by atoms with Crippen molar-refractivity contribution in [2.75, 3.05) is 0 Å². The van der Waals surface area contributed by atoms with Gasteiger partial charge in [-0.05, 0) is 61.1 Å². The van der Waals surface area contributed by atoms with E-state index in [0.717, 1.165) is 45.1 Å². The number of rotatable bonds is 6. The van der Waals surface area contributed by atoms with Gasteiger partial charge < -0.3 is 4.42 Å². The predicted octanol–water partition coefficient (Wildman–Crippen LogP) is 10.4. The number of hydrogen-bond acceptors (Lipinski definition) is 2. The van der Waals surface area contributed by atoms with Gasteiger partial charge in [0, 0.05) is 0 Å². The Kier molecular flexibility index (Phi) is 10.4. The van der Waals surface area contributed by atoms with Crippen molar-refractivity contribution >= 4 is 53.8 Å². The molecule has 1 heterocycles. The zero-order chi connectivity index (χ0) is 26.2. The Hall–Kier alpha value is -2.36. The maximum absolute atomic E-state index is 5.07. The summed E-state index contributed by atoms with van der Waals surface area (Å²) in [5.41, 5.74) is 6.35. The van der Waals surface area contributed by atoms with Crippen LogP contribution in [-0.4, -0.2) is 11.4 Å². The molecular weight excluding hydrogens is 531 g/mol. The minimum atomic E-state index is 0.194. The first-order valence-corrected chi connectivity index (χ1v) is 15.0. The second-order valence-corrected chi connectivity index (χ2v) is 11.1. The summed E-state index contributed by atoms with van der Waals surface area (Å²) in [4.78, 5) is 10.0. The molecule has 0 aliphatic heterocycles. The van der Waals surface area contributed by atoms with Crippen molar-refractivity contribution in [1.82, 2.24) is 0 Å². The van der Waals surface area contributed by atoms with Crippen molar-refractivity contribution in [3.63, 3.8) is 0 Å². The fraction of sp³-hybridized carbons (Fsp3) is 0.267. The molecule has 0 unspecified atom stereocenters. The number of benzene rings is 3. The van der Waals surface area contributed by atoms with Crippen molar-refractivity contribution in [3.05, 3.63) is 95.4 Å². The van der Waals surface area contributed by atoms with Gasteiger partial charge in [-0.1, -0.05) is 76.2 Å². The molecule has 3 aromatic carbocycles. The van der Waals surface area contributed by atoms with Crippen LogP contribution in [0.2, 0.25) is 0 Å². The molecule has 4 aromatic rings. The van der Waals surface area contributed by atoms with Crippen LogP contribution in [0.15, 0.2) is 87.2 Å². The van der Waals surface area contributed by atoms with E-state index in [1.807, 2.05) is 12.1 Å². The molecule has 0 atom stereocenters. The second-order valence-electron chi connectivity index (χ2n) is 9.23. The van der Waals surface area contributed by atoms with Gasteiger partial charge >= 0.3 is 33.3 Å². The molecule has 0 fully saturated rings. The summed E-state index contributed by atoms with van der Waals surface area (Å²) in [5.74, 6) is 2.66. The van der Waals surface area contributed by atoms with E-state index in [4.69, 9.17) is 34.6 Å². The third-order valence-electron chi connectivity index (χ3n) is 6.04. The van der Waals surface area contributed by atoms with E-state index in [-0.39, 0.29) is 13.1 Å². The zero-order valence-corrected chi connectivity index (χ0v) is 24.2. The first-order valence-electron chi connectivity index (χ1n) is 12.0. The summed E-state index contributed by atoms with van der Waals surface area (Å²) < 4.78 is 5.07. The SMILES string of the molecule is CC(=Nc1ccccc1C(C)C)c1[oH+]c(C(C)=Nc2ccccc2C(C)C)c2ccccc12.[Cl][Fe][Cl]. The average molecular weight is 564 g/mol. The van der Waals surface area contributed by atoms with Gasteiger partial charge in [0.05, 0.1) is 22.1 Å². The van der Waals surface area contributed by atoms with E-state index in [0.29, 0.717) is 11.8 Å². The molecule has 0 aliphatic rings. The molecule has 4 rings (SSSR count). The normalized spacial score (nSPS) is 12.4. The van der Waals surface area contributed by atoms with Crippen LogP contribution in [0.4, 0.5) is 11.4 Å². The molecule has 6 heteroatoms. The average Bonchev–Trinajstić information content (AvgIpc) is 3.25. The summed E-state index contributed by atoms with van der Waals surface area (Å²) in [6.07, 6.45) is 0. The number of furan rings is 1. The van der Waals surface area contributed by atoms with E-state index >= 15 is 0 Å². The number of halogens is 2. The maximum atomic E-state index is 5.07. The van der Waals surface area contributed by atoms with Gasteiger partial charge in [-0.25, -0.2) is 9.98 Å². The van der Waals surface area contributed by atoms with Crippen LogP contribution in [0.5, 0.6) is 0 Å². The molecule has 3 nitrogen and oxygen atoms in total. The molecule has 0 radical (unpaired) electrons. The Morgan fingerprint density at radius 3 is 1.33 bits per heavy atom. The predicted molar refractivity (Wildman–Crippen MR) is 154 cm³/mol. The third-order valence-corrected chi connectivity index (χ3v) is 6.04. The molecule has 0 amide bonds. The Morgan fingerprint density at radius 2 is 0.972 bits per heavy atom. The van der Waals surface area contributed by atoms with E-state index in [9.17, 15) is 0 Å². The molecule has 0 bridgehead atoms. The Bertz CT molecular complexity index is 1270. The van der Waals surface area contributed by atoms with Crippen molar-refractivity contribution in [2.45, 2.75) is 53.4 Å². The van der Waals surface area contributed by atoms with Crippen molar-refractivity contribution < 1.29 is 17.6 Å². The Balaban J connectivity index is 0.00000115. The van der Waals surface area contributed by atoms with E-state index in [1.54, 1.807) is 0 Å². The van der Waals surface area contributed by atoms with Gasteiger partial charge in [-0.15, -0.1) is 0 Å². The molecule has 1 N–H and O–H groups in total. The first-order chi connectivity index (χ1) is 17.3. The minimum absolute atomic E-state index is 0.194. The summed E-state index contributed by atoms with van der Waals surface area (Å²) in [5, 5.41) is 2.23. The van der Waals surface area contributed by atoms with Crippen LogP contribution >= 0.6 is 20.2 Å². The number of nitrogens with zero attached hydrogens (tertiary/aromatic N) is 2. The molecule has 0 saturated heterocycles. The third kappa shape index (κ3) is 6.69. The standard InChI is InChI=1S/C30H32N2O.2ClH.Fe/c1-19(2)23-13-9-11-17-27(23)31-21(5)29-25-15-7-8-16-26(25)30(33-29)22(6)32-28-18-12-10-14-24(28)20(3)4;;;/h7-20H,1-6H3;2*1H;/q;;;+2/p-1. The number of hydrogen-bond donors (Lipinski definition) is 0. The van der Waals surface area contributed by atoms with Gasteiger partial charge in [0.15, 0.2) is 0 Å². The quantitative estimate of drug-likeness (QED) is 0.127. The van der Waals surface area contributed by atoms with Crippen LogP contribution in [0.25, 0.3) is 10.8 Å².